The molecule has 0 spiro atoms. The van der Waals surface area contributed by atoms with Crippen LogP contribution in [0, 0.1) is 0 Å². The number of para-hydroxylation sites is 2. The van der Waals surface area contributed by atoms with Crippen LogP contribution in [0.3, 0.4) is 0 Å². The van der Waals surface area contributed by atoms with Gasteiger partial charge in [-0.3, -0.25) is 0 Å². The number of carbonyl (C=O) groups excluding carboxylic acids is 1. The molecule has 144 valence electrons. The molecular formula is C20H25N3O4. The lowest BCUT2D eigenvalue weighted by atomic mass is 10.2. The standard InChI is InChI=1S/C20H25N3O4/c1-25-15-8-9-17(19(14-15)27-3)22-10-12-23(13-11-22)20(24)21-16-6-4-5-7-18(16)26-2/h4-9,14H,10-13H2,1-3H3,(H,21,24). The zero-order valence-electron chi connectivity index (χ0n) is 15.9. The maximum atomic E-state index is 12.6. The Labute approximate surface area is 159 Å². The van der Waals surface area contributed by atoms with Gasteiger partial charge in [-0.05, 0) is 24.3 Å². The molecule has 1 N–H and O–H groups in total. The predicted molar refractivity (Wildman–Crippen MR) is 105 cm³/mol. The van der Waals surface area contributed by atoms with Crippen LogP contribution in [-0.4, -0.2) is 58.4 Å². The number of carbonyl (C=O) groups is 1. The molecule has 2 amide bonds. The third kappa shape index (κ3) is 4.19. The Bertz CT molecular complexity index is 789. The van der Waals surface area contributed by atoms with Gasteiger partial charge in [0.25, 0.3) is 0 Å². The lowest BCUT2D eigenvalue weighted by Crippen LogP contribution is -2.50. The number of piperazine rings is 1. The SMILES string of the molecule is COc1ccc(N2CCN(C(=O)Nc3ccccc3OC)CC2)c(OC)c1. The number of urea groups is 1. The molecule has 2 aromatic rings. The van der Waals surface area contributed by atoms with Crippen molar-refractivity contribution in [3.63, 3.8) is 0 Å². The van der Waals surface area contributed by atoms with E-state index in [4.69, 9.17) is 14.2 Å². The molecule has 1 aliphatic heterocycles. The molecule has 2 aromatic carbocycles. The van der Waals surface area contributed by atoms with Gasteiger partial charge in [-0.15, -0.1) is 0 Å². The van der Waals surface area contributed by atoms with E-state index in [0.29, 0.717) is 24.5 Å². The van der Waals surface area contributed by atoms with Crippen molar-refractivity contribution in [2.24, 2.45) is 0 Å². The van der Waals surface area contributed by atoms with Gasteiger partial charge < -0.3 is 29.3 Å². The first-order valence-electron chi connectivity index (χ1n) is 8.82. The third-order valence-electron chi connectivity index (χ3n) is 4.64. The number of ether oxygens (including phenoxy) is 3. The van der Waals surface area contributed by atoms with E-state index in [2.05, 4.69) is 10.2 Å². The highest BCUT2D eigenvalue weighted by molar-refractivity contribution is 5.91. The summed E-state index contributed by atoms with van der Waals surface area (Å²) in [6.45, 7) is 2.69. The Hall–Kier alpha value is -3.09. The van der Waals surface area contributed by atoms with Crippen LogP contribution < -0.4 is 24.4 Å². The van der Waals surface area contributed by atoms with Gasteiger partial charge in [0.2, 0.25) is 0 Å². The van der Waals surface area contributed by atoms with E-state index in [1.807, 2.05) is 42.5 Å². The second-order valence-electron chi connectivity index (χ2n) is 6.14. The summed E-state index contributed by atoms with van der Waals surface area (Å²) in [5.74, 6) is 2.17. The first-order valence-corrected chi connectivity index (χ1v) is 8.82. The first-order chi connectivity index (χ1) is 13.2. The number of nitrogens with one attached hydrogen (secondary N) is 1. The Kier molecular flexibility index (Phi) is 5.90. The van der Waals surface area contributed by atoms with E-state index in [1.165, 1.54) is 0 Å². The minimum absolute atomic E-state index is 0.124. The van der Waals surface area contributed by atoms with Crippen molar-refractivity contribution in [2.45, 2.75) is 0 Å². The minimum atomic E-state index is -0.124. The summed E-state index contributed by atoms with van der Waals surface area (Å²) in [5, 5.41) is 2.93. The largest absolute Gasteiger partial charge is 0.497 e. The second kappa shape index (κ2) is 8.53. The topological polar surface area (TPSA) is 63.3 Å². The molecule has 1 aliphatic rings. The monoisotopic (exact) mass is 371 g/mol. The van der Waals surface area contributed by atoms with Crippen molar-refractivity contribution >= 4 is 17.4 Å². The van der Waals surface area contributed by atoms with Crippen LogP contribution in [0.4, 0.5) is 16.2 Å². The molecular weight excluding hydrogens is 346 g/mol. The van der Waals surface area contributed by atoms with E-state index in [0.717, 1.165) is 30.3 Å². The molecule has 0 unspecified atom stereocenters. The number of methoxy groups -OCH3 is 3. The second-order valence-corrected chi connectivity index (χ2v) is 6.14. The maximum absolute atomic E-state index is 12.6. The highest BCUT2D eigenvalue weighted by Crippen LogP contribution is 2.33. The van der Waals surface area contributed by atoms with Gasteiger partial charge in [-0.1, -0.05) is 12.1 Å². The fourth-order valence-corrected chi connectivity index (χ4v) is 3.14. The Morgan fingerprint density at radius 2 is 1.59 bits per heavy atom. The van der Waals surface area contributed by atoms with Gasteiger partial charge in [0.15, 0.2) is 0 Å². The number of rotatable bonds is 5. The van der Waals surface area contributed by atoms with E-state index >= 15 is 0 Å². The Balaban J connectivity index is 1.62. The molecule has 3 rings (SSSR count). The number of benzene rings is 2. The number of hydrogen-bond acceptors (Lipinski definition) is 5. The fraction of sp³-hybridized carbons (Fsp3) is 0.350. The van der Waals surface area contributed by atoms with Crippen LogP contribution in [0.5, 0.6) is 17.2 Å². The van der Waals surface area contributed by atoms with Crippen LogP contribution in [0.1, 0.15) is 0 Å². The number of hydrogen-bond donors (Lipinski definition) is 1. The van der Waals surface area contributed by atoms with Crippen LogP contribution >= 0.6 is 0 Å². The molecule has 7 heteroatoms. The quantitative estimate of drug-likeness (QED) is 0.875. The molecule has 0 aromatic heterocycles. The van der Waals surface area contributed by atoms with Crippen molar-refractivity contribution in [3.05, 3.63) is 42.5 Å². The molecule has 0 atom stereocenters. The average molecular weight is 371 g/mol. The average Bonchev–Trinajstić information content (AvgIpc) is 2.73. The lowest BCUT2D eigenvalue weighted by Gasteiger charge is -2.36. The van der Waals surface area contributed by atoms with Gasteiger partial charge in [0, 0.05) is 32.2 Å². The van der Waals surface area contributed by atoms with Gasteiger partial charge in [-0.25, -0.2) is 4.79 Å². The van der Waals surface area contributed by atoms with Crippen LogP contribution in [0.2, 0.25) is 0 Å². The minimum Gasteiger partial charge on any atom is -0.497 e. The summed E-state index contributed by atoms with van der Waals surface area (Å²) >= 11 is 0. The van der Waals surface area contributed by atoms with Gasteiger partial charge in [-0.2, -0.15) is 0 Å². The smallest absolute Gasteiger partial charge is 0.322 e. The number of nitrogens with zero attached hydrogens (tertiary/aromatic N) is 2. The third-order valence-corrected chi connectivity index (χ3v) is 4.64. The number of amides is 2. The highest BCUT2D eigenvalue weighted by atomic mass is 16.5. The van der Waals surface area contributed by atoms with Crippen LogP contribution in [0.25, 0.3) is 0 Å². The fourth-order valence-electron chi connectivity index (χ4n) is 3.14. The van der Waals surface area contributed by atoms with Crippen molar-refractivity contribution in [1.29, 1.82) is 0 Å². The summed E-state index contributed by atoms with van der Waals surface area (Å²) in [4.78, 5) is 16.6. The maximum Gasteiger partial charge on any atom is 0.322 e. The van der Waals surface area contributed by atoms with Crippen molar-refractivity contribution in [2.75, 3.05) is 57.7 Å². The summed E-state index contributed by atoms with van der Waals surface area (Å²) < 4.78 is 16.0. The zero-order valence-corrected chi connectivity index (χ0v) is 15.9. The molecule has 0 bridgehead atoms. The van der Waals surface area contributed by atoms with Crippen LogP contribution in [0.15, 0.2) is 42.5 Å². The van der Waals surface area contributed by atoms with Gasteiger partial charge >= 0.3 is 6.03 Å². The zero-order chi connectivity index (χ0) is 19.2. The Morgan fingerprint density at radius 3 is 2.26 bits per heavy atom. The van der Waals surface area contributed by atoms with Crippen molar-refractivity contribution < 1.29 is 19.0 Å². The lowest BCUT2D eigenvalue weighted by molar-refractivity contribution is 0.208. The molecule has 1 saturated heterocycles. The normalized spacial score (nSPS) is 13.9. The highest BCUT2D eigenvalue weighted by Gasteiger charge is 2.23. The van der Waals surface area contributed by atoms with E-state index in [1.54, 1.807) is 26.2 Å². The molecule has 0 radical (unpaired) electrons. The molecule has 0 saturated carbocycles. The predicted octanol–water partition coefficient (Wildman–Crippen LogP) is 3.07. The van der Waals surface area contributed by atoms with Gasteiger partial charge in [0.05, 0.1) is 32.7 Å². The summed E-state index contributed by atoms with van der Waals surface area (Å²) in [7, 11) is 4.87. The van der Waals surface area contributed by atoms with E-state index in [9.17, 15) is 4.79 Å². The number of anilines is 2. The molecule has 7 nitrogen and oxygen atoms in total. The molecule has 1 heterocycles. The first kappa shape index (κ1) is 18.7. The molecule has 1 fully saturated rings. The van der Waals surface area contributed by atoms with Crippen LogP contribution in [-0.2, 0) is 0 Å². The van der Waals surface area contributed by atoms with E-state index < -0.39 is 0 Å². The Morgan fingerprint density at radius 1 is 0.889 bits per heavy atom. The molecule has 0 aliphatic carbocycles. The van der Waals surface area contributed by atoms with Gasteiger partial charge in [0.1, 0.15) is 17.2 Å². The summed E-state index contributed by atoms with van der Waals surface area (Å²) in [6, 6.07) is 13.0. The summed E-state index contributed by atoms with van der Waals surface area (Å²) in [5.41, 5.74) is 1.67. The summed E-state index contributed by atoms with van der Waals surface area (Å²) in [6.07, 6.45) is 0. The van der Waals surface area contributed by atoms with Crippen molar-refractivity contribution in [1.82, 2.24) is 4.90 Å². The van der Waals surface area contributed by atoms with E-state index in [-0.39, 0.29) is 6.03 Å². The van der Waals surface area contributed by atoms with Crippen molar-refractivity contribution in [3.8, 4) is 17.2 Å². The molecule has 27 heavy (non-hydrogen) atoms.